The van der Waals surface area contributed by atoms with Crippen LogP contribution >= 0.6 is 0 Å². The molecule has 1 fully saturated rings. The molecule has 0 radical (unpaired) electrons. The second-order valence-electron chi connectivity index (χ2n) is 4.76. The van der Waals surface area contributed by atoms with Gasteiger partial charge in [-0.1, -0.05) is 24.3 Å². The van der Waals surface area contributed by atoms with Crippen molar-refractivity contribution in [2.24, 2.45) is 5.84 Å². The minimum Gasteiger partial charge on any atom is -0.380 e. The first-order chi connectivity index (χ1) is 9.29. The summed E-state index contributed by atoms with van der Waals surface area (Å²) in [5.74, 6) is 4.99. The first-order valence-corrected chi connectivity index (χ1v) is 6.66. The number of carbonyl (C=O) groups excluding carboxylic acids is 1. The average Bonchev–Trinajstić information content (AvgIpc) is 2.69. The third kappa shape index (κ3) is 4.31. The Kier molecular flexibility index (Phi) is 5.32. The maximum absolute atomic E-state index is 11.4. The summed E-state index contributed by atoms with van der Waals surface area (Å²) in [6.45, 7) is 4.46. The summed E-state index contributed by atoms with van der Waals surface area (Å²) in [5, 5.41) is 0. The number of amides is 1. The maximum Gasteiger partial charge on any atom is 0.238 e. The number of nitrogens with two attached hydrogens (primary N) is 1. The van der Waals surface area contributed by atoms with E-state index in [4.69, 9.17) is 10.6 Å². The molecular weight excluding hydrogens is 242 g/mol. The molecule has 1 aliphatic heterocycles. The molecule has 1 saturated heterocycles. The molecule has 0 aromatic heterocycles. The summed E-state index contributed by atoms with van der Waals surface area (Å²) in [5.41, 5.74) is 4.41. The van der Waals surface area contributed by atoms with E-state index in [1.807, 2.05) is 18.2 Å². The minimum atomic E-state index is -0.161. The minimum absolute atomic E-state index is 0.161. The van der Waals surface area contributed by atoms with Crippen molar-refractivity contribution in [2.75, 3.05) is 26.3 Å². The third-order valence-electron chi connectivity index (χ3n) is 3.34. The first-order valence-electron chi connectivity index (χ1n) is 6.66. The summed E-state index contributed by atoms with van der Waals surface area (Å²) in [6.07, 6.45) is 1.39. The van der Waals surface area contributed by atoms with Gasteiger partial charge in [0.1, 0.15) is 0 Å². The molecule has 2 rings (SSSR count). The standard InChI is InChI=1S/C14H21N3O2/c15-16-14(18)10-12-4-1-2-5-13(12)11-17-6-3-8-19-9-7-17/h1-2,4-5H,3,6-11,15H2,(H,16,18). The lowest BCUT2D eigenvalue weighted by Gasteiger charge is -2.20. The predicted octanol–water partition coefficient (Wildman–Crippen LogP) is 0.441. The lowest BCUT2D eigenvalue weighted by atomic mass is 10.0. The number of benzene rings is 1. The molecule has 0 spiro atoms. The highest BCUT2D eigenvalue weighted by molar-refractivity contribution is 5.78. The number of carbonyl (C=O) groups is 1. The van der Waals surface area contributed by atoms with E-state index in [2.05, 4.69) is 16.4 Å². The van der Waals surface area contributed by atoms with Gasteiger partial charge in [-0.15, -0.1) is 0 Å². The molecule has 1 aromatic carbocycles. The number of ether oxygens (including phenoxy) is 1. The van der Waals surface area contributed by atoms with E-state index in [1.54, 1.807) is 0 Å². The molecule has 1 aromatic rings. The van der Waals surface area contributed by atoms with E-state index in [9.17, 15) is 4.79 Å². The molecule has 5 nitrogen and oxygen atoms in total. The van der Waals surface area contributed by atoms with E-state index in [0.717, 1.165) is 44.8 Å². The highest BCUT2D eigenvalue weighted by Gasteiger charge is 2.12. The smallest absolute Gasteiger partial charge is 0.238 e. The average molecular weight is 263 g/mol. The quantitative estimate of drug-likeness (QED) is 0.470. The Bertz CT molecular complexity index is 415. The summed E-state index contributed by atoms with van der Waals surface area (Å²) in [4.78, 5) is 13.8. The van der Waals surface area contributed by atoms with Gasteiger partial charge in [-0.2, -0.15) is 0 Å². The van der Waals surface area contributed by atoms with Crippen LogP contribution in [-0.2, 0) is 22.5 Å². The Morgan fingerprint density at radius 3 is 2.84 bits per heavy atom. The zero-order valence-corrected chi connectivity index (χ0v) is 11.1. The Morgan fingerprint density at radius 2 is 2.05 bits per heavy atom. The van der Waals surface area contributed by atoms with E-state index in [0.29, 0.717) is 6.42 Å². The van der Waals surface area contributed by atoms with Gasteiger partial charge in [0.15, 0.2) is 0 Å². The second-order valence-corrected chi connectivity index (χ2v) is 4.76. The molecule has 1 heterocycles. The molecule has 5 heteroatoms. The van der Waals surface area contributed by atoms with Gasteiger partial charge in [-0.05, 0) is 17.5 Å². The van der Waals surface area contributed by atoms with Crippen LogP contribution in [0.25, 0.3) is 0 Å². The number of rotatable bonds is 4. The SMILES string of the molecule is NNC(=O)Cc1ccccc1CN1CCCOCC1. The molecule has 104 valence electrons. The zero-order valence-electron chi connectivity index (χ0n) is 11.1. The second kappa shape index (κ2) is 7.23. The normalized spacial score (nSPS) is 16.9. The molecule has 0 unspecified atom stereocenters. The molecule has 1 aliphatic rings. The van der Waals surface area contributed by atoms with E-state index < -0.39 is 0 Å². The van der Waals surface area contributed by atoms with Crippen molar-refractivity contribution in [3.63, 3.8) is 0 Å². The molecule has 0 saturated carbocycles. The van der Waals surface area contributed by atoms with Crippen LogP contribution < -0.4 is 11.3 Å². The van der Waals surface area contributed by atoms with Crippen LogP contribution in [0.15, 0.2) is 24.3 Å². The summed E-state index contributed by atoms with van der Waals surface area (Å²) in [7, 11) is 0. The van der Waals surface area contributed by atoms with Crippen molar-refractivity contribution in [2.45, 2.75) is 19.4 Å². The molecule has 0 aliphatic carbocycles. The predicted molar refractivity (Wildman–Crippen MR) is 73.2 cm³/mol. The Balaban J connectivity index is 2.03. The topological polar surface area (TPSA) is 67.6 Å². The Morgan fingerprint density at radius 1 is 1.26 bits per heavy atom. The largest absolute Gasteiger partial charge is 0.380 e. The Labute approximate surface area is 113 Å². The number of hydrazine groups is 1. The fourth-order valence-corrected chi connectivity index (χ4v) is 2.30. The molecule has 19 heavy (non-hydrogen) atoms. The van der Waals surface area contributed by atoms with Crippen LogP contribution in [0.3, 0.4) is 0 Å². The molecule has 0 bridgehead atoms. The van der Waals surface area contributed by atoms with Gasteiger partial charge in [-0.3, -0.25) is 15.1 Å². The van der Waals surface area contributed by atoms with Crippen LogP contribution in [0.5, 0.6) is 0 Å². The van der Waals surface area contributed by atoms with Gasteiger partial charge in [0.05, 0.1) is 13.0 Å². The van der Waals surface area contributed by atoms with Crippen LogP contribution in [0.1, 0.15) is 17.5 Å². The summed E-state index contributed by atoms with van der Waals surface area (Å²) in [6, 6.07) is 8.02. The van der Waals surface area contributed by atoms with Crippen LogP contribution in [0, 0.1) is 0 Å². The van der Waals surface area contributed by atoms with Crippen LogP contribution in [0.4, 0.5) is 0 Å². The van der Waals surface area contributed by atoms with Gasteiger partial charge >= 0.3 is 0 Å². The highest BCUT2D eigenvalue weighted by atomic mass is 16.5. The van der Waals surface area contributed by atoms with Crippen LogP contribution in [-0.4, -0.2) is 37.1 Å². The van der Waals surface area contributed by atoms with Crippen molar-refractivity contribution >= 4 is 5.91 Å². The number of nitrogens with one attached hydrogen (secondary N) is 1. The molecular formula is C14H21N3O2. The number of hydrogen-bond acceptors (Lipinski definition) is 4. The Hall–Kier alpha value is -1.43. The first kappa shape index (κ1) is 14.0. The van der Waals surface area contributed by atoms with E-state index in [1.165, 1.54) is 5.56 Å². The van der Waals surface area contributed by atoms with Crippen molar-refractivity contribution in [1.82, 2.24) is 10.3 Å². The molecule has 1 amide bonds. The van der Waals surface area contributed by atoms with Gasteiger partial charge in [0, 0.05) is 26.2 Å². The number of hydrogen-bond donors (Lipinski definition) is 2. The maximum atomic E-state index is 11.4. The third-order valence-corrected chi connectivity index (χ3v) is 3.34. The summed E-state index contributed by atoms with van der Waals surface area (Å²) < 4.78 is 5.45. The molecule has 3 N–H and O–H groups in total. The van der Waals surface area contributed by atoms with Gasteiger partial charge in [0.2, 0.25) is 5.91 Å². The van der Waals surface area contributed by atoms with Crippen molar-refractivity contribution in [1.29, 1.82) is 0 Å². The number of nitrogens with zero attached hydrogens (tertiary/aromatic N) is 1. The monoisotopic (exact) mass is 263 g/mol. The van der Waals surface area contributed by atoms with E-state index >= 15 is 0 Å². The van der Waals surface area contributed by atoms with Crippen molar-refractivity contribution in [3.8, 4) is 0 Å². The lowest BCUT2D eigenvalue weighted by molar-refractivity contribution is -0.120. The highest BCUT2D eigenvalue weighted by Crippen LogP contribution is 2.13. The van der Waals surface area contributed by atoms with Crippen LogP contribution in [0.2, 0.25) is 0 Å². The van der Waals surface area contributed by atoms with Gasteiger partial charge in [-0.25, -0.2) is 5.84 Å². The lowest BCUT2D eigenvalue weighted by Crippen LogP contribution is -2.32. The molecule has 0 atom stereocenters. The fraction of sp³-hybridized carbons (Fsp3) is 0.500. The van der Waals surface area contributed by atoms with Crippen molar-refractivity contribution in [3.05, 3.63) is 35.4 Å². The van der Waals surface area contributed by atoms with Gasteiger partial charge in [0.25, 0.3) is 0 Å². The fourth-order valence-electron chi connectivity index (χ4n) is 2.30. The van der Waals surface area contributed by atoms with E-state index in [-0.39, 0.29) is 5.91 Å². The zero-order chi connectivity index (χ0) is 13.5. The van der Waals surface area contributed by atoms with Crippen molar-refractivity contribution < 1.29 is 9.53 Å². The van der Waals surface area contributed by atoms with Gasteiger partial charge < -0.3 is 4.74 Å². The summed E-state index contributed by atoms with van der Waals surface area (Å²) >= 11 is 0.